The molecule has 0 saturated heterocycles. The van der Waals surface area contributed by atoms with E-state index >= 15 is 0 Å². The number of rotatable bonds is 6. The molecule has 82 valence electrons. The summed E-state index contributed by atoms with van der Waals surface area (Å²) in [6.07, 6.45) is 1.12. The van der Waals surface area contributed by atoms with Gasteiger partial charge in [0.2, 0.25) is 5.88 Å². The molecule has 1 rings (SSSR count). The van der Waals surface area contributed by atoms with E-state index in [2.05, 4.69) is 10.2 Å². The van der Waals surface area contributed by atoms with Crippen LogP contribution in [0.4, 0.5) is 0 Å². The van der Waals surface area contributed by atoms with Gasteiger partial charge in [-0.3, -0.25) is 4.79 Å². The van der Waals surface area contributed by atoms with E-state index in [0.717, 1.165) is 0 Å². The highest BCUT2D eigenvalue weighted by Crippen LogP contribution is 2.06. The Balaban J connectivity index is 2.50. The van der Waals surface area contributed by atoms with E-state index in [-0.39, 0.29) is 5.78 Å². The molecule has 0 fully saturated rings. The predicted octanol–water partition coefficient (Wildman–Crippen LogP) is 1.09. The molecule has 0 atom stereocenters. The number of methoxy groups -OCH3 is 2. The lowest BCUT2D eigenvalue weighted by Crippen LogP contribution is -2.05. The maximum Gasteiger partial charge on any atom is 0.233 e. The number of nitrogens with zero attached hydrogens (tertiary/aromatic N) is 2. The van der Waals surface area contributed by atoms with E-state index in [4.69, 9.17) is 9.47 Å². The number of hydrogen-bond acceptors (Lipinski definition) is 5. The second-order valence-corrected chi connectivity index (χ2v) is 2.98. The van der Waals surface area contributed by atoms with Gasteiger partial charge < -0.3 is 9.47 Å². The smallest absolute Gasteiger partial charge is 0.233 e. The fourth-order valence-electron chi connectivity index (χ4n) is 1.08. The standard InChI is InChI=1S/C10H14N2O3/c1-14-7-3-4-9(13)8-5-6-10(15-2)12-11-8/h5-6H,3-4,7H2,1-2H3. The summed E-state index contributed by atoms with van der Waals surface area (Å²) in [6, 6.07) is 3.23. The third kappa shape index (κ3) is 3.63. The summed E-state index contributed by atoms with van der Waals surface area (Å²) in [6.45, 7) is 0.579. The largest absolute Gasteiger partial charge is 0.480 e. The highest BCUT2D eigenvalue weighted by atomic mass is 16.5. The molecule has 0 aliphatic rings. The minimum atomic E-state index is -0.0257. The number of ether oxygens (including phenoxy) is 2. The lowest BCUT2D eigenvalue weighted by Gasteiger charge is -2.00. The zero-order valence-electron chi connectivity index (χ0n) is 8.90. The molecule has 0 bridgehead atoms. The Kier molecular flexibility index (Phi) is 4.70. The Bertz CT molecular complexity index is 311. The van der Waals surface area contributed by atoms with E-state index in [1.807, 2.05) is 0 Å². The molecule has 0 amide bonds. The van der Waals surface area contributed by atoms with Crippen molar-refractivity contribution in [1.82, 2.24) is 10.2 Å². The van der Waals surface area contributed by atoms with Gasteiger partial charge in [-0.15, -0.1) is 10.2 Å². The summed E-state index contributed by atoms with van der Waals surface area (Å²) in [5.74, 6) is 0.380. The normalized spacial score (nSPS) is 10.0. The number of Topliss-reactive ketones (excluding diaryl/α,β-unsaturated/α-hetero) is 1. The molecule has 1 heterocycles. The van der Waals surface area contributed by atoms with Crippen molar-refractivity contribution in [2.75, 3.05) is 20.8 Å². The molecule has 15 heavy (non-hydrogen) atoms. The Hall–Kier alpha value is -1.49. The van der Waals surface area contributed by atoms with Crippen LogP contribution in [0.15, 0.2) is 12.1 Å². The number of aromatic nitrogens is 2. The van der Waals surface area contributed by atoms with Crippen molar-refractivity contribution in [3.8, 4) is 5.88 Å². The molecule has 0 aliphatic heterocycles. The van der Waals surface area contributed by atoms with Crippen molar-refractivity contribution in [3.63, 3.8) is 0 Å². The average molecular weight is 210 g/mol. The van der Waals surface area contributed by atoms with E-state index < -0.39 is 0 Å². The highest BCUT2D eigenvalue weighted by molar-refractivity contribution is 5.93. The average Bonchev–Trinajstić information content (AvgIpc) is 2.29. The quantitative estimate of drug-likeness (QED) is 0.519. The van der Waals surface area contributed by atoms with Gasteiger partial charge in [0.25, 0.3) is 0 Å². The minimum Gasteiger partial charge on any atom is -0.480 e. The van der Waals surface area contributed by atoms with Gasteiger partial charge in [0, 0.05) is 26.2 Å². The fourth-order valence-corrected chi connectivity index (χ4v) is 1.08. The summed E-state index contributed by atoms with van der Waals surface area (Å²) in [5, 5.41) is 7.49. The number of ketones is 1. The Morgan fingerprint density at radius 2 is 2.13 bits per heavy atom. The van der Waals surface area contributed by atoms with Gasteiger partial charge in [-0.2, -0.15) is 0 Å². The van der Waals surface area contributed by atoms with Gasteiger partial charge in [0.15, 0.2) is 5.78 Å². The lowest BCUT2D eigenvalue weighted by molar-refractivity contribution is 0.0957. The van der Waals surface area contributed by atoms with Crippen LogP contribution in [0.1, 0.15) is 23.3 Å². The maximum atomic E-state index is 11.5. The third-order valence-corrected chi connectivity index (χ3v) is 1.89. The second kappa shape index (κ2) is 6.08. The summed E-state index contributed by atoms with van der Waals surface area (Å²) in [4.78, 5) is 11.5. The highest BCUT2D eigenvalue weighted by Gasteiger charge is 2.07. The molecule has 5 nitrogen and oxygen atoms in total. The van der Waals surface area contributed by atoms with Crippen molar-refractivity contribution in [3.05, 3.63) is 17.8 Å². The third-order valence-electron chi connectivity index (χ3n) is 1.89. The van der Waals surface area contributed by atoms with Crippen molar-refractivity contribution in [1.29, 1.82) is 0 Å². The molecular formula is C10H14N2O3. The molecule has 0 spiro atoms. The van der Waals surface area contributed by atoms with Gasteiger partial charge in [-0.05, 0) is 12.5 Å². The molecule has 5 heteroatoms. The zero-order valence-corrected chi connectivity index (χ0v) is 8.90. The molecular weight excluding hydrogens is 196 g/mol. The zero-order chi connectivity index (χ0) is 11.1. The van der Waals surface area contributed by atoms with Crippen LogP contribution in [0.3, 0.4) is 0 Å². The fraction of sp³-hybridized carbons (Fsp3) is 0.500. The molecule has 0 unspecified atom stereocenters. The van der Waals surface area contributed by atoms with Crippen LogP contribution < -0.4 is 4.74 Å². The van der Waals surface area contributed by atoms with E-state index in [1.165, 1.54) is 7.11 Å². The molecule has 0 radical (unpaired) electrons. The molecule has 0 N–H and O–H groups in total. The summed E-state index contributed by atoms with van der Waals surface area (Å²) in [7, 11) is 3.11. The van der Waals surface area contributed by atoms with Crippen LogP contribution in [0.5, 0.6) is 5.88 Å². The maximum absolute atomic E-state index is 11.5. The topological polar surface area (TPSA) is 61.3 Å². The molecule has 0 aliphatic carbocycles. The van der Waals surface area contributed by atoms with Gasteiger partial charge in [0.1, 0.15) is 5.69 Å². The second-order valence-electron chi connectivity index (χ2n) is 2.98. The van der Waals surface area contributed by atoms with Crippen LogP contribution in [0.25, 0.3) is 0 Å². The first-order valence-corrected chi connectivity index (χ1v) is 4.67. The molecule has 0 aromatic carbocycles. The van der Waals surface area contributed by atoms with Crippen molar-refractivity contribution >= 4 is 5.78 Å². The number of carbonyl (C=O) groups excluding carboxylic acids is 1. The Morgan fingerprint density at radius 1 is 1.33 bits per heavy atom. The van der Waals surface area contributed by atoms with Crippen LogP contribution in [-0.2, 0) is 4.74 Å². The predicted molar refractivity (Wildman–Crippen MR) is 54.0 cm³/mol. The van der Waals surface area contributed by atoms with Gasteiger partial charge in [-0.1, -0.05) is 0 Å². The SMILES string of the molecule is COCCCC(=O)c1ccc(OC)nn1. The first-order chi connectivity index (χ1) is 7.27. The number of hydrogen-bond donors (Lipinski definition) is 0. The molecule has 1 aromatic rings. The summed E-state index contributed by atoms with van der Waals surface area (Å²) < 4.78 is 9.70. The Labute approximate surface area is 88.4 Å². The van der Waals surface area contributed by atoms with E-state index in [1.54, 1.807) is 19.2 Å². The van der Waals surface area contributed by atoms with Crippen LogP contribution in [0, 0.1) is 0 Å². The minimum absolute atomic E-state index is 0.0257. The summed E-state index contributed by atoms with van der Waals surface area (Å²) >= 11 is 0. The Morgan fingerprint density at radius 3 is 2.67 bits per heavy atom. The van der Waals surface area contributed by atoms with E-state index in [9.17, 15) is 4.79 Å². The van der Waals surface area contributed by atoms with Gasteiger partial charge in [-0.25, -0.2) is 0 Å². The van der Waals surface area contributed by atoms with Crippen LogP contribution >= 0.6 is 0 Å². The van der Waals surface area contributed by atoms with Gasteiger partial charge in [0.05, 0.1) is 7.11 Å². The molecule has 0 saturated carbocycles. The number of carbonyl (C=O) groups is 1. The van der Waals surface area contributed by atoms with Crippen molar-refractivity contribution < 1.29 is 14.3 Å². The van der Waals surface area contributed by atoms with Crippen LogP contribution in [0.2, 0.25) is 0 Å². The van der Waals surface area contributed by atoms with Gasteiger partial charge >= 0.3 is 0 Å². The van der Waals surface area contributed by atoms with Crippen molar-refractivity contribution in [2.45, 2.75) is 12.8 Å². The monoisotopic (exact) mass is 210 g/mol. The van der Waals surface area contributed by atoms with Crippen molar-refractivity contribution in [2.24, 2.45) is 0 Å². The van der Waals surface area contributed by atoms with Crippen LogP contribution in [-0.4, -0.2) is 36.8 Å². The molecule has 1 aromatic heterocycles. The first-order valence-electron chi connectivity index (χ1n) is 4.67. The first kappa shape index (κ1) is 11.6. The van der Waals surface area contributed by atoms with E-state index in [0.29, 0.717) is 31.0 Å². The lowest BCUT2D eigenvalue weighted by atomic mass is 10.2. The summed E-state index contributed by atoms with van der Waals surface area (Å²) in [5.41, 5.74) is 0.368.